The number of furan rings is 1. The van der Waals surface area contributed by atoms with Gasteiger partial charge >= 0.3 is 5.91 Å². The third kappa shape index (κ3) is 3.25. The summed E-state index contributed by atoms with van der Waals surface area (Å²) in [7, 11) is 0. The number of benzene rings is 2. The van der Waals surface area contributed by atoms with Gasteiger partial charge in [-0.05, 0) is 48.5 Å². The van der Waals surface area contributed by atoms with Crippen LogP contribution < -0.4 is 5.43 Å². The third-order valence-electron chi connectivity index (χ3n) is 3.90. The van der Waals surface area contributed by atoms with E-state index in [2.05, 4.69) is 10.5 Å². The number of fused-ring (bicyclic) bond motifs is 1. The fraction of sp³-hybridized carbons (Fsp3) is 0. The molecule has 2 aromatic carbocycles. The van der Waals surface area contributed by atoms with Gasteiger partial charge in [0.05, 0.1) is 11.9 Å². The van der Waals surface area contributed by atoms with Crippen LogP contribution in [0.3, 0.4) is 0 Å². The molecule has 0 bridgehead atoms. The Morgan fingerprint density at radius 2 is 1.88 bits per heavy atom. The number of carbonyl (C=O) groups excluding carboxylic acids is 1. The van der Waals surface area contributed by atoms with E-state index in [1.165, 1.54) is 0 Å². The zero-order valence-corrected chi connectivity index (χ0v) is 14.4. The minimum atomic E-state index is -0.401. The molecule has 0 radical (unpaired) electrons. The molecule has 4 aromatic rings. The van der Waals surface area contributed by atoms with Crippen LogP contribution >= 0.6 is 11.6 Å². The lowest BCUT2D eigenvalue weighted by molar-refractivity contribution is 0.0929. The number of hydrogen-bond acceptors (Lipinski definition) is 3. The van der Waals surface area contributed by atoms with Gasteiger partial charge in [-0.15, -0.1) is 0 Å². The van der Waals surface area contributed by atoms with Gasteiger partial charge in [-0.1, -0.05) is 29.8 Å². The quantitative estimate of drug-likeness (QED) is 0.424. The van der Waals surface area contributed by atoms with Crippen molar-refractivity contribution in [3.05, 3.63) is 89.4 Å². The molecule has 26 heavy (non-hydrogen) atoms. The standard InChI is InChI=1S/C20H14ClN3O2/c21-15-7-9-16(10-8-15)24-11-3-5-17(24)13-22-23-20(25)19-12-14-4-1-2-6-18(14)26-19/h1-13H,(H,23,25)/b22-13+. The summed E-state index contributed by atoms with van der Waals surface area (Å²) in [6.45, 7) is 0. The Morgan fingerprint density at radius 3 is 2.69 bits per heavy atom. The number of aromatic nitrogens is 1. The smallest absolute Gasteiger partial charge is 0.307 e. The number of nitrogens with zero attached hydrogens (tertiary/aromatic N) is 2. The predicted molar refractivity (Wildman–Crippen MR) is 102 cm³/mol. The van der Waals surface area contributed by atoms with Crippen LogP contribution in [0.1, 0.15) is 16.2 Å². The summed E-state index contributed by atoms with van der Waals surface area (Å²) >= 11 is 5.93. The highest BCUT2D eigenvalue weighted by Crippen LogP contribution is 2.18. The number of halogens is 1. The molecule has 6 heteroatoms. The van der Waals surface area contributed by atoms with Crippen LogP contribution in [0.5, 0.6) is 0 Å². The fourth-order valence-corrected chi connectivity index (χ4v) is 2.77. The molecule has 5 nitrogen and oxygen atoms in total. The summed E-state index contributed by atoms with van der Waals surface area (Å²) in [5.41, 5.74) is 4.92. The molecule has 0 spiro atoms. The molecule has 0 atom stereocenters. The van der Waals surface area contributed by atoms with Gasteiger partial charge in [-0.2, -0.15) is 5.10 Å². The number of para-hydroxylation sites is 1. The molecular weight excluding hydrogens is 350 g/mol. The van der Waals surface area contributed by atoms with E-state index >= 15 is 0 Å². The van der Waals surface area contributed by atoms with Gasteiger partial charge in [0.15, 0.2) is 5.76 Å². The molecule has 0 fully saturated rings. The van der Waals surface area contributed by atoms with Crippen molar-refractivity contribution in [2.75, 3.05) is 0 Å². The lowest BCUT2D eigenvalue weighted by atomic mass is 10.2. The second-order valence-electron chi connectivity index (χ2n) is 5.63. The van der Waals surface area contributed by atoms with E-state index in [4.69, 9.17) is 16.0 Å². The fourth-order valence-electron chi connectivity index (χ4n) is 2.64. The monoisotopic (exact) mass is 363 g/mol. The van der Waals surface area contributed by atoms with Crippen LogP contribution in [0.4, 0.5) is 0 Å². The molecule has 0 aliphatic rings. The van der Waals surface area contributed by atoms with Crippen molar-refractivity contribution in [2.24, 2.45) is 5.10 Å². The Labute approximate surface area is 154 Å². The van der Waals surface area contributed by atoms with Crippen molar-refractivity contribution >= 4 is 34.7 Å². The van der Waals surface area contributed by atoms with Gasteiger partial charge in [-0.25, -0.2) is 5.43 Å². The molecule has 1 amide bonds. The summed E-state index contributed by atoms with van der Waals surface area (Å²) < 4.78 is 7.46. The van der Waals surface area contributed by atoms with Crippen LogP contribution in [0.15, 0.2) is 82.4 Å². The first-order valence-electron chi connectivity index (χ1n) is 7.96. The largest absolute Gasteiger partial charge is 0.451 e. The number of hydrazone groups is 1. The molecule has 0 unspecified atom stereocenters. The van der Waals surface area contributed by atoms with E-state index in [-0.39, 0.29) is 5.76 Å². The first-order chi connectivity index (χ1) is 12.7. The van der Waals surface area contributed by atoms with E-state index in [1.54, 1.807) is 12.3 Å². The highest BCUT2D eigenvalue weighted by atomic mass is 35.5. The van der Waals surface area contributed by atoms with Gasteiger partial charge in [0.1, 0.15) is 5.58 Å². The minimum absolute atomic E-state index is 0.219. The van der Waals surface area contributed by atoms with Crippen molar-refractivity contribution < 1.29 is 9.21 Å². The molecule has 2 heterocycles. The van der Waals surface area contributed by atoms with Crippen LogP contribution in [0.2, 0.25) is 5.02 Å². The molecule has 2 aromatic heterocycles. The molecule has 0 aliphatic heterocycles. The van der Waals surface area contributed by atoms with Gasteiger partial charge in [0, 0.05) is 22.3 Å². The molecular formula is C20H14ClN3O2. The van der Waals surface area contributed by atoms with Crippen molar-refractivity contribution in [2.45, 2.75) is 0 Å². The second kappa shape index (κ2) is 6.90. The Morgan fingerprint density at radius 1 is 1.08 bits per heavy atom. The van der Waals surface area contributed by atoms with Crippen molar-refractivity contribution in [1.82, 2.24) is 9.99 Å². The maximum absolute atomic E-state index is 12.2. The lowest BCUT2D eigenvalue weighted by Gasteiger charge is -2.06. The molecule has 128 valence electrons. The molecule has 0 saturated heterocycles. The van der Waals surface area contributed by atoms with E-state index < -0.39 is 5.91 Å². The zero-order chi connectivity index (χ0) is 17.9. The van der Waals surface area contributed by atoms with E-state index in [0.717, 1.165) is 16.8 Å². The van der Waals surface area contributed by atoms with Crippen molar-refractivity contribution in [3.63, 3.8) is 0 Å². The topological polar surface area (TPSA) is 59.5 Å². The normalized spacial score (nSPS) is 11.3. The predicted octanol–water partition coefficient (Wildman–Crippen LogP) is 4.64. The molecule has 0 saturated carbocycles. The second-order valence-corrected chi connectivity index (χ2v) is 6.06. The Balaban J connectivity index is 1.49. The summed E-state index contributed by atoms with van der Waals surface area (Å²) in [6.07, 6.45) is 3.49. The Kier molecular flexibility index (Phi) is 4.29. The molecule has 1 N–H and O–H groups in total. The van der Waals surface area contributed by atoms with Crippen molar-refractivity contribution in [1.29, 1.82) is 0 Å². The highest BCUT2D eigenvalue weighted by Gasteiger charge is 2.11. The average Bonchev–Trinajstić information content (AvgIpc) is 3.29. The van der Waals surface area contributed by atoms with Crippen LogP contribution in [-0.4, -0.2) is 16.7 Å². The summed E-state index contributed by atoms with van der Waals surface area (Å²) in [5.74, 6) is -0.182. The van der Waals surface area contributed by atoms with Gasteiger partial charge < -0.3 is 8.98 Å². The molecule has 4 rings (SSSR count). The van der Waals surface area contributed by atoms with Gasteiger partial charge in [-0.3, -0.25) is 4.79 Å². The number of nitrogens with one attached hydrogen (secondary N) is 1. The SMILES string of the molecule is O=C(N/N=C/c1cccn1-c1ccc(Cl)cc1)c1cc2ccccc2o1. The van der Waals surface area contributed by atoms with Crippen LogP contribution in [0.25, 0.3) is 16.7 Å². The summed E-state index contributed by atoms with van der Waals surface area (Å²) in [5, 5.41) is 5.58. The van der Waals surface area contributed by atoms with Crippen LogP contribution in [-0.2, 0) is 0 Å². The highest BCUT2D eigenvalue weighted by molar-refractivity contribution is 6.30. The summed E-state index contributed by atoms with van der Waals surface area (Å²) in [6, 6.07) is 20.4. The lowest BCUT2D eigenvalue weighted by Crippen LogP contribution is -2.17. The number of amides is 1. The maximum atomic E-state index is 12.2. The maximum Gasteiger partial charge on any atom is 0.307 e. The Hall–Kier alpha value is -3.31. The summed E-state index contributed by atoms with van der Waals surface area (Å²) in [4.78, 5) is 12.2. The number of carbonyl (C=O) groups is 1. The Bertz CT molecular complexity index is 1060. The van der Waals surface area contributed by atoms with Crippen LogP contribution in [0, 0.1) is 0 Å². The first kappa shape index (κ1) is 16.2. The van der Waals surface area contributed by atoms with Crippen molar-refractivity contribution in [3.8, 4) is 5.69 Å². The number of rotatable bonds is 4. The van der Waals surface area contributed by atoms with E-state index in [9.17, 15) is 4.79 Å². The first-order valence-corrected chi connectivity index (χ1v) is 8.34. The zero-order valence-electron chi connectivity index (χ0n) is 13.6. The van der Waals surface area contributed by atoms with Gasteiger partial charge in [0.2, 0.25) is 0 Å². The van der Waals surface area contributed by atoms with E-state index in [1.807, 2.05) is 71.4 Å². The average molecular weight is 364 g/mol. The number of hydrogen-bond donors (Lipinski definition) is 1. The van der Waals surface area contributed by atoms with Gasteiger partial charge in [0.25, 0.3) is 0 Å². The minimum Gasteiger partial charge on any atom is -0.451 e. The molecule has 0 aliphatic carbocycles. The van der Waals surface area contributed by atoms with E-state index in [0.29, 0.717) is 10.6 Å². The third-order valence-corrected chi connectivity index (χ3v) is 4.15.